The molecule has 0 fully saturated rings. The zero-order valence-corrected chi connectivity index (χ0v) is 29.3. The molecule has 0 aliphatic rings. The monoisotopic (exact) mass is 660 g/mol. The maximum atomic E-state index is 2.43. The highest BCUT2D eigenvalue weighted by atomic mass is 14.3. The molecule has 0 saturated heterocycles. The van der Waals surface area contributed by atoms with Gasteiger partial charge in [-0.25, -0.2) is 0 Å². The lowest BCUT2D eigenvalue weighted by molar-refractivity contribution is 1.50. The van der Waals surface area contributed by atoms with Crippen molar-refractivity contribution in [3.8, 4) is 44.5 Å². The summed E-state index contributed by atoms with van der Waals surface area (Å²) >= 11 is 0. The molecule has 0 spiro atoms. The Balaban J connectivity index is 1.62. The van der Waals surface area contributed by atoms with Crippen molar-refractivity contribution in [2.24, 2.45) is 0 Å². The summed E-state index contributed by atoms with van der Waals surface area (Å²) < 4.78 is 0. The van der Waals surface area contributed by atoms with Crippen LogP contribution in [0.25, 0.3) is 98.4 Å². The van der Waals surface area contributed by atoms with Crippen molar-refractivity contribution in [1.82, 2.24) is 0 Å². The molecule has 10 aromatic carbocycles. The van der Waals surface area contributed by atoms with Gasteiger partial charge in [0.25, 0.3) is 0 Å². The van der Waals surface area contributed by atoms with Gasteiger partial charge in [-0.3, -0.25) is 0 Å². The first-order chi connectivity index (χ1) is 25.7. The Bertz CT molecular complexity index is 2790. The lowest BCUT2D eigenvalue weighted by Crippen LogP contribution is -2.00. The molecule has 0 nitrogen and oxygen atoms in total. The van der Waals surface area contributed by atoms with E-state index in [-0.39, 0.29) is 0 Å². The first-order valence-electron chi connectivity index (χ1n) is 18.2. The molecule has 0 amide bonds. The third kappa shape index (κ3) is 4.69. The second kappa shape index (κ2) is 12.1. The minimum Gasteiger partial charge on any atom is -0.0622 e. The lowest BCUT2D eigenvalue weighted by Gasteiger charge is -2.27. The van der Waals surface area contributed by atoms with E-state index in [1.54, 1.807) is 0 Å². The molecule has 52 heavy (non-hydrogen) atoms. The first kappa shape index (κ1) is 30.3. The Hall–Kier alpha value is -6.50. The third-order valence-electron chi connectivity index (χ3n) is 10.9. The summed E-state index contributed by atoms with van der Waals surface area (Å²) in [5.41, 5.74) is 12.5. The van der Waals surface area contributed by atoms with Crippen LogP contribution in [0, 0.1) is 13.8 Å². The molecule has 0 bridgehead atoms. The quantitative estimate of drug-likeness (QED) is 0.165. The summed E-state index contributed by atoms with van der Waals surface area (Å²) in [6.07, 6.45) is 0. The zero-order chi connectivity index (χ0) is 34.8. The molecule has 0 aliphatic heterocycles. The van der Waals surface area contributed by atoms with Crippen LogP contribution in [0.3, 0.4) is 0 Å². The largest absolute Gasteiger partial charge is 0.0622 e. The predicted octanol–water partition coefficient (Wildman–Crippen LogP) is 14.7. The van der Waals surface area contributed by atoms with E-state index < -0.39 is 0 Å². The van der Waals surface area contributed by atoms with E-state index in [1.165, 1.54) is 109 Å². The van der Waals surface area contributed by atoms with Crippen LogP contribution in [0.5, 0.6) is 0 Å². The molecule has 0 N–H and O–H groups in total. The van der Waals surface area contributed by atoms with Gasteiger partial charge in [0.15, 0.2) is 0 Å². The van der Waals surface area contributed by atoms with Crippen molar-refractivity contribution in [2.75, 3.05) is 0 Å². The van der Waals surface area contributed by atoms with Crippen LogP contribution in [0.4, 0.5) is 0 Å². The van der Waals surface area contributed by atoms with Gasteiger partial charge in [-0.2, -0.15) is 0 Å². The number of rotatable bonds is 4. The average molecular weight is 661 g/mol. The van der Waals surface area contributed by atoms with Gasteiger partial charge >= 0.3 is 0 Å². The molecule has 10 rings (SSSR count). The molecule has 0 atom stereocenters. The topological polar surface area (TPSA) is 0 Å². The molecule has 0 unspecified atom stereocenters. The van der Waals surface area contributed by atoms with E-state index in [2.05, 4.69) is 196 Å². The van der Waals surface area contributed by atoms with E-state index in [9.17, 15) is 0 Å². The zero-order valence-electron chi connectivity index (χ0n) is 29.3. The molecular weight excluding hydrogens is 625 g/mol. The van der Waals surface area contributed by atoms with Crippen molar-refractivity contribution >= 4 is 53.9 Å². The number of fused-ring (bicyclic) bond motifs is 8. The first-order valence-corrected chi connectivity index (χ1v) is 18.2. The van der Waals surface area contributed by atoms with Gasteiger partial charge in [-0.1, -0.05) is 193 Å². The second-order valence-electron chi connectivity index (χ2n) is 14.1. The Morgan fingerprint density at radius 2 is 0.654 bits per heavy atom. The van der Waals surface area contributed by atoms with Gasteiger partial charge in [0.05, 0.1) is 0 Å². The Labute approximate surface area is 304 Å². The Kier molecular flexibility index (Phi) is 7.05. The highest BCUT2D eigenvalue weighted by Gasteiger charge is 2.28. The summed E-state index contributed by atoms with van der Waals surface area (Å²) in [4.78, 5) is 0. The molecule has 244 valence electrons. The van der Waals surface area contributed by atoms with Gasteiger partial charge in [-0.15, -0.1) is 0 Å². The highest BCUT2D eigenvalue weighted by Crippen LogP contribution is 2.56. The number of aryl methyl sites for hydroxylation is 2. The SMILES string of the molecule is Cc1ccc2c3ccc(C)cc3c3c(-c4cccc5ccccc45)c(-c4ccccc4)c(-c4ccccc4)c(-c4cccc5ccccc45)c3c2c1. The minimum atomic E-state index is 1.21. The molecular formula is C52H36. The fourth-order valence-electron chi connectivity index (χ4n) is 8.70. The van der Waals surface area contributed by atoms with Crippen LogP contribution in [0.15, 0.2) is 182 Å². The van der Waals surface area contributed by atoms with Crippen LogP contribution >= 0.6 is 0 Å². The normalized spacial score (nSPS) is 11.7. The standard InChI is InChI=1S/C52H36/c1-33-27-29-41-42-30-28-34(2)32-46(42)52-50(44-26-14-22-36-16-10-12-24-40(36)44)48(38-19-7-4-8-20-38)47(37-17-5-3-6-18-37)49(51(52)45(41)31-33)43-25-13-21-35-15-9-11-23-39(35)43/h3-32H,1-2H3. The van der Waals surface area contributed by atoms with Crippen molar-refractivity contribution < 1.29 is 0 Å². The number of hydrogen-bond acceptors (Lipinski definition) is 0. The molecule has 0 aromatic heterocycles. The molecule has 0 aliphatic carbocycles. The molecule has 0 heterocycles. The van der Waals surface area contributed by atoms with E-state index in [1.807, 2.05) is 0 Å². The maximum Gasteiger partial charge on any atom is -0.000708 e. The number of hydrogen-bond donors (Lipinski definition) is 0. The smallest absolute Gasteiger partial charge is 0.000708 e. The van der Waals surface area contributed by atoms with Crippen molar-refractivity contribution in [1.29, 1.82) is 0 Å². The molecule has 0 radical (unpaired) electrons. The van der Waals surface area contributed by atoms with Gasteiger partial charge in [0, 0.05) is 0 Å². The van der Waals surface area contributed by atoms with Gasteiger partial charge in [0.1, 0.15) is 0 Å². The van der Waals surface area contributed by atoms with Crippen LogP contribution in [-0.4, -0.2) is 0 Å². The molecule has 0 saturated carbocycles. The maximum absolute atomic E-state index is 2.43. The van der Waals surface area contributed by atoms with E-state index in [4.69, 9.17) is 0 Å². The summed E-state index contributed by atoms with van der Waals surface area (Å²) in [7, 11) is 0. The highest BCUT2D eigenvalue weighted by molar-refractivity contribution is 6.36. The van der Waals surface area contributed by atoms with E-state index in [0.29, 0.717) is 0 Å². The van der Waals surface area contributed by atoms with Crippen LogP contribution in [0.1, 0.15) is 11.1 Å². The predicted molar refractivity (Wildman–Crippen MR) is 225 cm³/mol. The minimum absolute atomic E-state index is 1.21. The van der Waals surface area contributed by atoms with Crippen LogP contribution in [0.2, 0.25) is 0 Å². The summed E-state index contributed by atoms with van der Waals surface area (Å²) in [6, 6.07) is 67.7. The van der Waals surface area contributed by atoms with Crippen molar-refractivity contribution in [3.63, 3.8) is 0 Å². The Morgan fingerprint density at radius 3 is 1.10 bits per heavy atom. The fraction of sp³-hybridized carbons (Fsp3) is 0.0385. The van der Waals surface area contributed by atoms with Gasteiger partial charge in [0.2, 0.25) is 0 Å². The summed E-state index contributed by atoms with van der Waals surface area (Å²) in [6.45, 7) is 4.45. The van der Waals surface area contributed by atoms with Crippen LogP contribution < -0.4 is 0 Å². The van der Waals surface area contributed by atoms with Gasteiger partial charge in [-0.05, 0) is 112 Å². The van der Waals surface area contributed by atoms with Gasteiger partial charge < -0.3 is 0 Å². The van der Waals surface area contributed by atoms with E-state index in [0.717, 1.165) is 0 Å². The second-order valence-corrected chi connectivity index (χ2v) is 14.1. The fourth-order valence-corrected chi connectivity index (χ4v) is 8.70. The van der Waals surface area contributed by atoms with E-state index >= 15 is 0 Å². The summed E-state index contributed by atoms with van der Waals surface area (Å²) in [5, 5.41) is 12.7. The third-order valence-corrected chi connectivity index (χ3v) is 10.9. The average Bonchev–Trinajstić information content (AvgIpc) is 3.20. The number of benzene rings is 10. The van der Waals surface area contributed by atoms with Crippen LogP contribution in [-0.2, 0) is 0 Å². The van der Waals surface area contributed by atoms with Crippen molar-refractivity contribution in [2.45, 2.75) is 13.8 Å². The molecule has 0 heteroatoms. The Morgan fingerprint density at radius 1 is 0.269 bits per heavy atom. The molecule has 10 aromatic rings. The summed E-state index contributed by atoms with van der Waals surface area (Å²) in [5.74, 6) is 0. The lowest BCUT2D eigenvalue weighted by atomic mass is 9.75. The van der Waals surface area contributed by atoms with Crippen molar-refractivity contribution in [3.05, 3.63) is 193 Å².